The van der Waals surface area contributed by atoms with Crippen molar-refractivity contribution < 1.29 is 13.2 Å². The highest BCUT2D eigenvalue weighted by molar-refractivity contribution is 7.89. The van der Waals surface area contributed by atoms with E-state index in [2.05, 4.69) is 0 Å². The van der Waals surface area contributed by atoms with E-state index >= 15 is 0 Å². The molecule has 0 aliphatic rings. The maximum Gasteiger partial charge on any atom is 0.266 e. The molecule has 82 valence electrons. The molecule has 1 amide bonds. The van der Waals surface area contributed by atoms with E-state index in [4.69, 9.17) is 0 Å². The molecule has 15 heavy (non-hydrogen) atoms. The molecule has 0 atom stereocenters. The molecule has 0 unspecified atom stereocenters. The van der Waals surface area contributed by atoms with Crippen LogP contribution in [-0.2, 0) is 14.8 Å². The van der Waals surface area contributed by atoms with E-state index in [1.165, 1.54) is 26.1 Å². The van der Waals surface area contributed by atoms with Gasteiger partial charge in [0.05, 0.1) is 4.90 Å². The molecule has 0 aliphatic carbocycles. The van der Waals surface area contributed by atoms with E-state index in [9.17, 15) is 13.2 Å². The zero-order chi connectivity index (χ0) is 11.6. The lowest BCUT2D eigenvalue weighted by Crippen LogP contribution is -2.31. The predicted octanol–water partition coefficient (Wildman–Crippen LogP) is 1.16. The summed E-state index contributed by atoms with van der Waals surface area (Å²) in [6.45, 7) is 3.01. The molecule has 0 spiro atoms. The van der Waals surface area contributed by atoms with Crippen molar-refractivity contribution >= 4 is 15.9 Å². The van der Waals surface area contributed by atoms with Crippen molar-refractivity contribution in [1.29, 1.82) is 0 Å². The normalized spacial score (nSPS) is 11.1. The van der Waals surface area contributed by atoms with Gasteiger partial charge in [-0.25, -0.2) is 12.7 Å². The standard InChI is InChI=1S/C10H13NO3S/c1-8-5-4-6-10(7-8)15(13,14)11(3)9(2)12/h4-7H,1-3H3. The van der Waals surface area contributed by atoms with Crippen molar-refractivity contribution in [2.75, 3.05) is 7.05 Å². The molecular weight excluding hydrogens is 214 g/mol. The summed E-state index contributed by atoms with van der Waals surface area (Å²) in [4.78, 5) is 11.1. The number of rotatable bonds is 2. The van der Waals surface area contributed by atoms with Crippen molar-refractivity contribution in [2.45, 2.75) is 18.7 Å². The SMILES string of the molecule is CC(=O)N(C)S(=O)(=O)c1cccc(C)c1. The Balaban J connectivity index is 3.23. The summed E-state index contributed by atoms with van der Waals surface area (Å²) in [5, 5.41) is 0. The Bertz CT molecular complexity index is 479. The van der Waals surface area contributed by atoms with E-state index in [1.54, 1.807) is 19.1 Å². The van der Waals surface area contributed by atoms with Gasteiger partial charge in [0.1, 0.15) is 0 Å². The first-order chi connectivity index (χ1) is 6.85. The molecule has 0 heterocycles. The highest BCUT2D eigenvalue weighted by Crippen LogP contribution is 2.15. The zero-order valence-corrected chi connectivity index (χ0v) is 9.71. The van der Waals surface area contributed by atoms with Crippen molar-refractivity contribution in [3.05, 3.63) is 29.8 Å². The largest absolute Gasteiger partial charge is 0.274 e. The lowest BCUT2D eigenvalue weighted by molar-refractivity contribution is -0.123. The molecular formula is C10H13NO3S. The van der Waals surface area contributed by atoms with Crippen LogP contribution < -0.4 is 0 Å². The van der Waals surface area contributed by atoms with Gasteiger partial charge in [-0.15, -0.1) is 0 Å². The first kappa shape index (κ1) is 11.7. The molecule has 0 radical (unpaired) electrons. The first-order valence-corrected chi connectivity index (χ1v) is 5.86. The van der Waals surface area contributed by atoms with Crippen molar-refractivity contribution in [3.63, 3.8) is 0 Å². The Morgan fingerprint density at radius 3 is 2.40 bits per heavy atom. The van der Waals surface area contributed by atoms with Crippen LogP contribution in [0.15, 0.2) is 29.2 Å². The highest BCUT2D eigenvalue weighted by Gasteiger charge is 2.22. The van der Waals surface area contributed by atoms with E-state index in [-0.39, 0.29) is 4.90 Å². The summed E-state index contributed by atoms with van der Waals surface area (Å²) < 4.78 is 24.4. The quantitative estimate of drug-likeness (QED) is 0.762. The Labute approximate surface area is 89.6 Å². The third kappa shape index (κ3) is 2.36. The molecule has 1 rings (SSSR count). The number of sulfonamides is 1. The number of benzene rings is 1. The summed E-state index contributed by atoms with van der Waals surface area (Å²) >= 11 is 0. The first-order valence-electron chi connectivity index (χ1n) is 4.42. The Kier molecular flexibility index (Phi) is 3.14. The van der Waals surface area contributed by atoms with Crippen LogP contribution in [0.4, 0.5) is 0 Å². The number of carbonyl (C=O) groups is 1. The lowest BCUT2D eigenvalue weighted by atomic mass is 10.2. The second-order valence-corrected chi connectivity index (χ2v) is 5.28. The average molecular weight is 227 g/mol. The van der Waals surface area contributed by atoms with E-state index in [1.807, 2.05) is 0 Å². The Hall–Kier alpha value is -1.36. The number of nitrogens with zero attached hydrogens (tertiary/aromatic N) is 1. The summed E-state index contributed by atoms with van der Waals surface area (Å²) in [7, 11) is -2.43. The average Bonchev–Trinajstić information content (AvgIpc) is 2.16. The lowest BCUT2D eigenvalue weighted by Gasteiger charge is -2.15. The minimum Gasteiger partial charge on any atom is -0.274 e. The smallest absolute Gasteiger partial charge is 0.266 e. The van der Waals surface area contributed by atoms with Gasteiger partial charge >= 0.3 is 0 Å². The van der Waals surface area contributed by atoms with Crippen LogP contribution >= 0.6 is 0 Å². The maximum atomic E-state index is 11.8. The highest BCUT2D eigenvalue weighted by atomic mass is 32.2. The zero-order valence-electron chi connectivity index (χ0n) is 8.89. The van der Waals surface area contributed by atoms with Crippen LogP contribution in [0.3, 0.4) is 0 Å². The van der Waals surface area contributed by atoms with E-state index in [0.29, 0.717) is 0 Å². The molecule has 5 heteroatoms. The number of hydrogen-bond donors (Lipinski definition) is 0. The van der Waals surface area contributed by atoms with Crippen LogP contribution in [0.2, 0.25) is 0 Å². The molecule has 1 aromatic carbocycles. The predicted molar refractivity (Wildman–Crippen MR) is 56.8 cm³/mol. The Morgan fingerprint density at radius 2 is 1.93 bits per heavy atom. The summed E-state index contributed by atoms with van der Waals surface area (Å²) in [5.74, 6) is -0.503. The van der Waals surface area contributed by atoms with Gasteiger partial charge in [0.25, 0.3) is 10.0 Å². The Morgan fingerprint density at radius 1 is 1.33 bits per heavy atom. The summed E-state index contributed by atoms with van der Waals surface area (Å²) in [5.41, 5.74) is 0.841. The van der Waals surface area contributed by atoms with E-state index in [0.717, 1.165) is 9.87 Å². The molecule has 0 aromatic heterocycles. The molecule has 0 saturated heterocycles. The van der Waals surface area contributed by atoms with Gasteiger partial charge in [-0.2, -0.15) is 0 Å². The molecule has 0 bridgehead atoms. The molecule has 0 saturated carbocycles. The van der Waals surface area contributed by atoms with Crippen LogP contribution in [-0.4, -0.2) is 25.7 Å². The topological polar surface area (TPSA) is 54.5 Å². The van der Waals surface area contributed by atoms with Gasteiger partial charge in [0, 0.05) is 14.0 Å². The van der Waals surface area contributed by atoms with Gasteiger partial charge in [-0.1, -0.05) is 12.1 Å². The van der Waals surface area contributed by atoms with E-state index < -0.39 is 15.9 Å². The number of hydrogen-bond acceptors (Lipinski definition) is 3. The van der Waals surface area contributed by atoms with Gasteiger partial charge in [-0.05, 0) is 24.6 Å². The summed E-state index contributed by atoms with van der Waals surface area (Å²) in [6.07, 6.45) is 0. The molecule has 0 N–H and O–H groups in total. The van der Waals surface area contributed by atoms with Crippen LogP contribution in [0.25, 0.3) is 0 Å². The molecule has 0 fully saturated rings. The minimum atomic E-state index is -3.68. The number of aryl methyl sites for hydroxylation is 1. The van der Waals surface area contributed by atoms with Gasteiger partial charge in [-0.3, -0.25) is 4.79 Å². The van der Waals surface area contributed by atoms with Gasteiger partial charge in [0.15, 0.2) is 0 Å². The second-order valence-electron chi connectivity index (χ2n) is 3.31. The van der Waals surface area contributed by atoms with Gasteiger partial charge < -0.3 is 0 Å². The molecule has 1 aromatic rings. The summed E-state index contributed by atoms with van der Waals surface area (Å²) in [6, 6.07) is 6.46. The number of carbonyl (C=O) groups excluding carboxylic acids is 1. The van der Waals surface area contributed by atoms with Gasteiger partial charge in [0.2, 0.25) is 5.91 Å². The minimum absolute atomic E-state index is 0.139. The van der Waals surface area contributed by atoms with Crippen LogP contribution in [0.5, 0.6) is 0 Å². The van der Waals surface area contributed by atoms with Crippen LogP contribution in [0.1, 0.15) is 12.5 Å². The fourth-order valence-electron chi connectivity index (χ4n) is 1.10. The fourth-order valence-corrected chi connectivity index (χ4v) is 2.34. The third-order valence-corrected chi connectivity index (χ3v) is 3.92. The molecule has 4 nitrogen and oxygen atoms in total. The number of amides is 1. The second kappa shape index (κ2) is 4.02. The van der Waals surface area contributed by atoms with Crippen LogP contribution in [0, 0.1) is 6.92 Å². The van der Waals surface area contributed by atoms with Crippen molar-refractivity contribution in [1.82, 2.24) is 4.31 Å². The fraction of sp³-hybridized carbons (Fsp3) is 0.300. The van der Waals surface area contributed by atoms with Crippen molar-refractivity contribution in [3.8, 4) is 0 Å². The molecule has 0 aliphatic heterocycles. The monoisotopic (exact) mass is 227 g/mol. The van der Waals surface area contributed by atoms with Crippen molar-refractivity contribution in [2.24, 2.45) is 0 Å². The maximum absolute atomic E-state index is 11.8. The third-order valence-electron chi connectivity index (χ3n) is 2.09.